The third-order valence-corrected chi connectivity index (χ3v) is 8.28. The minimum Gasteiger partial charge on any atom is -0.497 e. The Morgan fingerprint density at radius 2 is 1.68 bits per heavy atom. The number of benzene rings is 3. The summed E-state index contributed by atoms with van der Waals surface area (Å²) in [7, 11) is 1.54. The second-order valence-electron chi connectivity index (χ2n) is 11.5. The van der Waals surface area contributed by atoms with Crippen LogP contribution in [0.5, 0.6) is 11.5 Å². The van der Waals surface area contributed by atoms with Gasteiger partial charge in [0.15, 0.2) is 11.0 Å². The first-order chi connectivity index (χ1) is 23.6. The van der Waals surface area contributed by atoms with Gasteiger partial charge in [0.2, 0.25) is 5.91 Å². The Kier molecular flexibility index (Phi) is 10.8. The number of nitrogens with one attached hydrogen (secondary N) is 2. The van der Waals surface area contributed by atoms with Crippen LogP contribution in [0.4, 0.5) is 32.4 Å². The highest BCUT2D eigenvalue weighted by Crippen LogP contribution is 2.37. The third kappa shape index (κ3) is 8.39. The first-order valence-electron chi connectivity index (χ1n) is 15.2. The topological polar surface area (TPSA) is 123 Å². The fourth-order valence-corrected chi connectivity index (χ4v) is 5.71. The number of rotatable bonds is 11. The van der Waals surface area contributed by atoms with Gasteiger partial charge in [-0.15, -0.1) is 5.10 Å². The number of aliphatic imine (C=N–C) groups is 1. The molecule has 1 fully saturated rings. The van der Waals surface area contributed by atoms with E-state index in [-0.39, 0.29) is 22.9 Å². The van der Waals surface area contributed by atoms with Crippen LogP contribution in [0.2, 0.25) is 0 Å². The molecule has 2 heterocycles. The average Bonchev–Trinajstić information content (AvgIpc) is 3.70. The fourth-order valence-electron chi connectivity index (χ4n) is 4.85. The highest BCUT2D eigenvalue weighted by molar-refractivity contribution is 8.15. The van der Waals surface area contributed by atoms with E-state index in [1.54, 1.807) is 37.4 Å². The average molecular weight is 718 g/mol. The zero-order valence-electron chi connectivity index (χ0n) is 27.2. The molecule has 0 spiro atoms. The van der Waals surface area contributed by atoms with Gasteiger partial charge in [-0.1, -0.05) is 55.9 Å². The Morgan fingerprint density at radius 3 is 2.32 bits per heavy atom. The summed E-state index contributed by atoms with van der Waals surface area (Å²) in [4.78, 5) is 35.6. The molecule has 11 nitrogen and oxygen atoms in total. The Labute approximate surface area is 287 Å². The molecule has 1 aliphatic rings. The summed E-state index contributed by atoms with van der Waals surface area (Å²) < 4.78 is 74.2. The third-order valence-electron chi connectivity index (χ3n) is 7.36. The number of halogens is 5. The largest absolute Gasteiger partial charge is 0.499 e. The quantitative estimate of drug-likeness (QED) is 0.125. The first-order valence-corrected chi connectivity index (χ1v) is 16.2. The predicted octanol–water partition coefficient (Wildman–Crippen LogP) is 7.09. The van der Waals surface area contributed by atoms with Crippen LogP contribution in [0, 0.1) is 5.92 Å². The summed E-state index contributed by atoms with van der Waals surface area (Å²) in [6, 6.07) is 16.0. The molecule has 50 heavy (non-hydrogen) atoms. The van der Waals surface area contributed by atoms with Gasteiger partial charge in [-0.05, 0) is 60.7 Å². The Bertz CT molecular complexity index is 1870. The number of amides is 3. The van der Waals surface area contributed by atoms with E-state index < -0.39 is 24.1 Å². The fraction of sp³-hybridized carbons (Fsp3) is 0.303. The number of nitrogens with zero attached hydrogens (tertiary/aromatic N) is 5. The number of thioether (sulfide) groups is 1. The van der Waals surface area contributed by atoms with Crippen molar-refractivity contribution in [3.05, 3.63) is 84.2 Å². The molecular weight excluding hydrogens is 685 g/mol. The standard InChI is InChI=1S/C33H32F5N7O4S/c1-19(2)15-23-9-12-26(48-4)16-27(23)45-28(46)17-50-31(45)40-30(47)42-41-20(3)21-5-7-22(8-6-21)29-39-18-44(43-29)24-10-13-25(14-11-24)49-33(37,38)32(34,35)36/h5-14,16,18-20,41H,15,17H2,1-4H3,(H,42,47)/b40-31-. The van der Waals surface area contributed by atoms with E-state index in [1.165, 1.54) is 39.8 Å². The second kappa shape index (κ2) is 14.8. The number of ether oxygens (including phenoxy) is 2. The summed E-state index contributed by atoms with van der Waals surface area (Å²) in [6.07, 6.45) is -9.10. The zero-order valence-corrected chi connectivity index (χ0v) is 28.0. The summed E-state index contributed by atoms with van der Waals surface area (Å²) in [6.45, 7) is 5.97. The molecule has 1 atom stereocenters. The van der Waals surface area contributed by atoms with Gasteiger partial charge in [-0.25, -0.2) is 19.9 Å². The number of amidine groups is 1. The van der Waals surface area contributed by atoms with Crippen LogP contribution in [0.25, 0.3) is 17.1 Å². The number of alkyl halides is 5. The van der Waals surface area contributed by atoms with Crippen molar-refractivity contribution in [1.29, 1.82) is 0 Å². The number of hydrogen-bond donors (Lipinski definition) is 2. The van der Waals surface area contributed by atoms with Crippen LogP contribution in [-0.2, 0) is 11.2 Å². The highest BCUT2D eigenvalue weighted by Gasteiger charge is 2.61. The van der Waals surface area contributed by atoms with E-state index in [4.69, 9.17) is 4.74 Å². The number of urea groups is 1. The van der Waals surface area contributed by atoms with Crippen LogP contribution >= 0.6 is 11.8 Å². The van der Waals surface area contributed by atoms with Gasteiger partial charge in [0.05, 0.1) is 24.2 Å². The summed E-state index contributed by atoms with van der Waals surface area (Å²) >= 11 is 1.17. The normalized spacial score (nSPS) is 15.1. The predicted molar refractivity (Wildman–Crippen MR) is 177 cm³/mol. The highest BCUT2D eigenvalue weighted by atomic mass is 32.2. The number of carbonyl (C=O) groups is 2. The molecular formula is C33H32F5N7O4S. The maximum atomic E-state index is 13.2. The van der Waals surface area contributed by atoms with Gasteiger partial charge >= 0.3 is 18.3 Å². The number of anilines is 1. The molecule has 3 amide bonds. The minimum absolute atomic E-state index is 0.141. The van der Waals surface area contributed by atoms with E-state index in [0.717, 1.165) is 29.7 Å². The lowest BCUT2D eigenvalue weighted by atomic mass is 10.0. The molecule has 1 unspecified atom stereocenters. The lowest BCUT2D eigenvalue weighted by molar-refractivity contribution is -0.360. The minimum atomic E-state index is -5.85. The molecule has 3 aromatic carbocycles. The Balaban J connectivity index is 1.20. The molecule has 5 rings (SSSR count). The van der Waals surface area contributed by atoms with Crippen molar-refractivity contribution < 1.29 is 41.0 Å². The van der Waals surface area contributed by atoms with E-state index in [1.807, 2.05) is 19.1 Å². The van der Waals surface area contributed by atoms with E-state index in [2.05, 4.69) is 44.5 Å². The number of methoxy groups -OCH3 is 1. The van der Waals surface area contributed by atoms with Crippen LogP contribution in [0.15, 0.2) is 78.0 Å². The van der Waals surface area contributed by atoms with Crippen LogP contribution in [0.3, 0.4) is 0 Å². The zero-order chi connectivity index (χ0) is 36.2. The van der Waals surface area contributed by atoms with Crippen molar-refractivity contribution in [2.75, 3.05) is 17.8 Å². The molecule has 1 aromatic heterocycles. The lowest BCUT2D eigenvalue weighted by Crippen LogP contribution is -2.41. The van der Waals surface area contributed by atoms with Crippen LogP contribution in [-0.4, -0.2) is 57.0 Å². The summed E-state index contributed by atoms with van der Waals surface area (Å²) in [5.41, 5.74) is 8.83. The maximum absolute atomic E-state index is 13.2. The second-order valence-corrected chi connectivity index (χ2v) is 12.5. The molecule has 264 valence electrons. The molecule has 0 bridgehead atoms. The first kappa shape index (κ1) is 36.3. The summed E-state index contributed by atoms with van der Waals surface area (Å²) in [5.74, 6) is 0.509. The van der Waals surface area contributed by atoms with Gasteiger partial charge in [0.25, 0.3) is 0 Å². The van der Waals surface area contributed by atoms with Gasteiger partial charge in [-0.3, -0.25) is 15.1 Å². The molecule has 0 radical (unpaired) electrons. The van der Waals surface area contributed by atoms with Crippen molar-refractivity contribution in [3.8, 4) is 28.6 Å². The number of aromatic nitrogens is 3. The molecule has 0 saturated carbocycles. The van der Waals surface area contributed by atoms with Crippen molar-refractivity contribution in [1.82, 2.24) is 25.6 Å². The van der Waals surface area contributed by atoms with Crippen LogP contribution < -0.4 is 25.2 Å². The van der Waals surface area contributed by atoms with Crippen molar-refractivity contribution >= 4 is 34.6 Å². The molecule has 4 aromatic rings. The van der Waals surface area contributed by atoms with Gasteiger partial charge in [0.1, 0.15) is 17.8 Å². The number of carbonyl (C=O) groups excluding carboxylic acids is 2. The molecule has 0 aliphatic carbocycles. The SMILES string of the molecule is COc1ccc(CC(C)C)c(N2C(=O)CS/C2=N\C(=O)NNC(C)c2ccc(-c3ncn(-c4ccc(OC(F)(F)C(F)(F)F)cc4)n3)cc2)c1. The van der Waals surface area contributed by atoms with Gasteiger partial charge < -0.3 is 9.47 Å². The lowest BCUT2D eigenvalue weighted by Gasteiger charge is -2.21. The monoisotopic (exact) mass is 717 g/mol. The Morgan fingerprint density at radius 1 is 1.00 bits per heavy atom. The van der Waals surface area contributed by atoms with E-state index in [0.29, 0.717) is 34.4 Å². The summed E-state index contributed by atoms with van der Waals surface area (Å²) in [5, 5.41) is 4.61. The van der Waals surface area contributed by atoms with Gasteiger partial charge in [-0.2, -0.15) is 26.9 Å². The van der Waals surface area contributed by atoms with Gasteiger partial charge in [0, 0.05) is 17.7 Å². The van der Waals surface area contributed by atoms with E-state index >= 15 is 0 Å². The van der Waals surface area contributed by atoms with Crippen molar-refractivity contribution in [2.45, 2.75) is 45.5 Å². The van der Waals surface area contributed by atoms with E-state index in [9.17, 15) is 31.5 Å². The van der Waals surface area contributed by atoms with Crippen molar-refractivity contribution in [3.63, 3.8) is 0 Å². The molecule has 17 heteroatoms. The molecule has 1 saturated heterocycles. The number of hydrogen-bond acceptors (Lipinski definition) is 8. The van der Waals surface area contributed by atoms with Crippen LogP contribution in [0.1, 0.15) is 37.9 Å². The van der Waals surface area contributed by atoms with Crippen molar-refractivity contribution in [2.24, 2.45) is 10.9 Å². The maximum Gasteiger partial charge on any atom is 0.499 e. The Hall–Kier alpha value is -5.03. The smallest absolute Gasteiger partial charge is 0.497 e. The number of hydrazine groups is 1. The molecule has 1 aliphatic heterocycles. The molecule has 2 N–H and O–H groups in total.